The van der Waals surface area contributed by atoms with Gasteiger partial charge >= 0.3 is 0 Å². The fourth-order valence-corrected chi connectivity index (χ4v) is 10.1. The van der Waals surface area contributed by atoms with E-state index in [1.807, 2.05) is 65.6 Å². The molecular weight excluding hydrogens is 443 g/mol. The number of thiocarbonyl (C=S) groups is 1. The van der Waals surface area contributed by atoms with Crippen molar-refractivity contribution in [3.8, 4) is 0 Å². The Hall–Kier alpha value is -0.670. The quantitative estimate of drug-likeness (QED) is 0.180. The molecule has 8 heteroatoms. The fraction of sp³-hybridized carbons (Fsp3) is 0.350. The number of nitrogens with one attached hydrogen (secondary N) is 3. The summed E-state index contributed by atoms with van der Waals surface area (Å²) in [5, 5.41) is 3.88. The first-order valence-electron chi connectivity index (χ1n) is 8.91. The summed E-state index contributed by atoms with van der Waals surface area (Å²) in [7, 11) is -0.163. The number of thioether (sulfide) groups is 3. The Morgan fingerprint density at radius 1 is 1.07 bits per heavy atom. The van der Waals surface area contributed by atoms with Crippen LogP contribution in [0.5, 0.6) is 0 Å². The SMILES string of the molecule is CSC1CC(SC)(SC)c2cc(NC(=S)NNc3ccccc3)ccc2[SH]1C. The highest BCUT2D eigenvalue weighted by atomic mass is 32.2. The van der Waals surface area contributed by atoms with Gasteiger partial charge in [0.05, 0.1) is 9.77 Å². The molecule has 1 aliphatic rings. The molecule has 0 radical (unpaired) electrons. The van der Waals surface area contributed by atoms with E-state index in [-0.39, 0.29) is 15.0 Å². The van der Waals surface area contributed by atoms with Crippen LogP contribution in [0.1, 0.15) is 12.0 Å². The van der Waals surface area contributed by atoms with Crippen LogP contribution in [0.4, 0.5) is 11.4 Å². The Morgan fingerprint density at radius 2 is 1.79 bits per heavy atom. The summed E-state index contributed by atoms with van der Waals surface area (Å²) in [4.78, 5) is 1.52. The van der Waals surface area contributed by atoms with Gasteiger partial charge in [-0.25, -0.2) is 10.9 Å². The monoisotopic (exact) mass is 469 g/mol. The van der Waals surface area contributed by atoms with Gasteiger partial charge in [-0.2, -0.15) is 11.8 Å². The molecule has 3 N–H and O–H groups in total. The van der Waals surface area contributed by atoms with Gasteiger partial charge in [-0.1, -0.05) is 18.2 Å². The molecule has 0 aromatic heterocycles. The molecule has 0 saturated carbocycles. The first-order chi connectivity index (χ1) is 13.5. The van der Waals surface area contributed by atoms with E-state index in [1.54, 1.807) is 0 Å². The Kier molecular flexibility index (Phi) is 7.78. The van der Waals surface area contributed by atoms with Gasteiger partial charge in [-0.05, 0) is 84.5 Å². The first kappa shape index (κ1) is 22.0. The third-order valence-corrected chi connectivity index (χ3v) is 12.7. The van der Waals surface area contributed by atoms with E-state index in [4.69, 9.17) is 12.2 Å². The van der Waals surface area contributed by atoms with Crippen molar-refractivity contribution >= 4 is 74.9 Å². The molecule has 2 aromatic rings. The lowest BCUT2D eigenvalue weighted by Gasteiger charge is -2.45. The van der Waals surface area contributed by atoms with Crippen molar-refractivity contribution in [1.82, 2.24) is 5.43 Å². The largest absolute Gasteiger partial charge is 0.331 e. The van der Waals surface area contributed by atoms with Crippen molar-refractivity contribution < 1.29 is 0 Å². The van der Waals surface area contributed by atoms with Gasteiger partial charge in [0.15, 0.2) is 5.11 Å². The van der Waals surface area contributed by atoms with Crippen molar-refractivity contribution in [3.63, 3.8) is 0 Å². The number of benzene rings is 2. The van der Waals surface area contributed by atoms with Gasteiger partial charge < -0.3 is 5.32 Å². The second kappa shape index (κ2) is 9.89. The summed E-state index contributed by atoms with van der Waals surface area (Å²) < 4.78 is 0.811. The maximum absolute atomic E-state index is 5.47. The third kappa shape index (κ3) is 4.73. The Balaban J connectivity index is 1.78. The minimum absolute atomic E-state index is 0.104. The number of thiol groups is 1. The van der Waals surface area contributed by atoms with Gasteiger partial charge in [0.1, 0.15) is 0 Å². The normalized spacial score (nSPS) is 21.4. The van der Waals surface area contributed by atoms with Gasteiger partial charge in [0, 0.05) is 10.3 Å². The fourth-order valence-electron chi connectivity index (χ4n) is 3.38. The first-order valence-corrected chi connectivity index (χ1v) is 14.9. The van der Waals surface area contributed by atoms with Crippen molar-refractivity contribution in [2.75, 3.05) is 35.8 Å². The van der Waals surface area contributed by atoms with Crippen LogP contribution in [0.2, 0.25) is 0 Å². The minimum Gasteiger partial charge on any atom is -0.331 e. The predicted octanol–water partition coefficient (Wildman–Crippen LogP) is 5.96. The maximum Gasteiger partial charge on any atom is 0.189 e. The van der Waals surface area contributed by atoms with E-state index in [0.29, 0.717) is 9.69 Å². The van der Waals surface area contributed by atoms with Gasteiger partial charge in [-0.3, -0.25) is 10.9 Å². The van der Waals surface area contributed by atoms with E-state index >= 15 is 0 Å². The summed E-state index contributed by atoms with van der Waals surface area (Å²) in [5.41, 5.74) is 9.65. The number of rotatable bonds is 6. The van der Waals surface area contributed by atoms with Crippen LogP contribution in [0.25, 0.3) is 0 Å². The second-order valence-electron chi connectivity index (χ2n) is 6.47. The molecule has 2 aromatic carbocycles. The summed E-state index contributed by atoms with van der Waals surface area (Å²) in [6.07, 6.45) is 10.3. The van der Waals surface area contributed by atoms with Gasteiger partial charge in [0.25, 0.3) is 0 Å². The van der Waals surface area contributed by atoms with Crippen LogP contribution in [0.15, 0.2) is 53.4 Å². The van der Waals surface area contributed by atoms with Crippen molar-refractivity contribution in [2.45, 2.75) is 20.0 Å². The third-order valence-electron chi connectivity index (χ3n) is 4.95. The molecule has 0 fully saturated rings. The number of hydrazine groups is 1. The smallest absolute Gasteiger partial charge is 0.189 e. The standard InChI is InChI=1S/C20H27N3S5/c1-25-18-13-20(26-2,27-3)16-12-15(10-11-17(16)28(18)4)21-19(24)23-22-14-8-6-5-7-9-14/h5-12,18,22,28H,13H2,1-4H3,(H2,21,23,24). The predicted molar refractivity (Wildman–Crippen MR) is 140 cm³/mol. The molecule has 2 unspecified atom stereocenters. The van der Waals surface area contributed by atoms with Crippen LogP contribution >= 0.6 is 58.4 Å². The molecule has 0 bridgehead atoms. The highest BCUT2D eigenvalue weighted by Crippen LogP contribution is 2.62. The summed E-state index contributed by atoms with van der Waals surface area (Å²) in [5.74, 6) is 0. The molecule has 1 heterocycles. The number of anilines is 2. The Labute approximate surface area is 189 Å². The molecule has 0 amide bonds. The second-order valence-corrected chi connectivity index (χ2v) is 13.1. The molecule has 3 nitrogen and oxygen atoms in total. The lowest BCUT2D eigenvalue weighted by molar-refractivity contribution is 0.784. The summed E-state index contributed by atoms with van der Waals surface area (Å²) in [6, 6.07) is 16.7. The zero-order chi connectivity index (χ0) is 20.1. The number of fused-ring (bicyclic) bond motifs is 1. The Bertz CT molecular complexity index is 811. The minimum atomic E-state index is -0.163. The van der Waals surface area contributed by atoms with Gasteiger partial charge in [-0.15, -0.1) is 23.5 Å². The zero-order valence-electron chi connectivity index (χ0n) is 16.5. The van der Waals surface area contributed by atoms with Crippen LogP contribution in [-0.4, -0.2) is 34.7 Å². The van der Waals surface area contributed by atoms with Crippen LogP contribution in [0.3, 0.4) is 0 Å². The van der Waals surface area contributed by atoms with Crippen LogP contribution in [0, 0.1) is 0 Å². The average Bonchev–Trinajstić information content (AvgIpc) is 2.74. The van der Waals surface area contributed by atoms with Crippen LogP contribution in [-0.2, 0) is 4.08 Å². The molecular formula is C20H27N3S5. The molecule has 0 spiro atoms. The van der Waals surface area contributed by atoms with Crippen molar-refractivity contribution in [2.24, 2.45) is 0 Å². The number of hydrogen-bond acceptors (Lipinski definition) is 5. The molecule has 152 valence electrons. The lowest BCUT2D eigenvalue weighted by Crippen LogP contribution is -2.33. The number of hydrogen-bond donors (Lipinski definition) is 4. The summed E-state index contributed by atoms with van der Waals surface area (Å²) in [6.45, 7) is 0. The molecule has 2 atom stereocenters. The molecule has 3 rings (SSSR count). The van der Waals surface area contributed by atoms with Crippen LogP contribution < -0.4 is 16.2 Å². The highest BCUT2D eigenvalue weighted by molar-refractivity contribution is 8.27. The topological polar surface area (TPSA) is 36.1 Å². The molecule has 0 aliphatic carbocycles. The average molecular weight is 470 g/mol. The number of para-hydroxylation sites is 1. The summed E-state index contributed by atoms with van der Waals surface area (Å²) >= 11 is 11.4. The Morgan fingerprint density at radius 3 is 2.43 bits per heavy atom. The van der Waals surface area contributed by atoms with Crippen molar-refractivity contribution in [1.29, 1.82) is 0 Å². The molecule has 1 aliphatic heterocycles. The van der Waals surface area contributed by atoms with E-state index in [0.717, 1.165) is 11.4 Å². The van der Waals surface area contributed by atoms with Gasteiger partial charge in [0.2, 0.25) is 0 Å². The van der Waals surface area contributed by atoms with E-state index in [9.17, 15) is 0 Å². The van der Waals surface area contributed by atoms with E-state index in [2.05, 4.69) is 59.4 Å². The molecule has 28 heavy (non-hydrogen) atoms. The lowest BCUT2D eigenvalue weighted by atomic mass is 10.1. The van der Waals surface area contributed by atoms with Crippen molar-refractivity contribution in [3.05, 3.63) is 54.1 Å². The van der Waals surface area contributed by atoms with E-state index < -0.39 is 0 Å². The highest BCUT2D eigenvalue weighted by Gasteiger charge is 2.41. The maximum atomic E-state index is 5.47. The molecule has 0 saturated heterocycles. The zero-order valence-corrected chi connectivity index (χ0v) is 20.6. The van der Waals surface area contributed by atoms with E-state index in [1.165, 1.54) is 16.9 Å².